The number of hydrogen-bond donors (Lipinski definition) is 2. The number of nitrogens with zero attached hydrogens (tertiary/aromatic N) is 2. The van der Waals surface area contributed by atoms with Gasteiger partial charge >= 0.3 is 0 Å². The van der Waals surface area contributed by atoms with E-state index in [0.717, 1.165) is 12.8 Å². The molecule has 2 heterocycles. The summed E-state index contributed by atoms with van der Waals surface area (Å²) in [6.07, 6.45) is 3.07. The predicted molar refractivity (Wildman–Crippen MR) is 64.4 cm³/mol. The van der Waals surface area contributed by atoms with E-state index in [-0.39, 0.29) is 5.91 Å². The first-order valence-corrected chi connectivity index (χ1v) is 5.71. The number of rotatable bonds is 1. The number of carbonyl (C=O) groups is 1. The average Bonchev–Trinajstić information content (AvgIpc) is 2.26. The van der Waals surface area contributed by atoms with Gasteiger partial charge in [0.05, 0.1) is 5.60 Å². The molecule has 0 bridgehead atoms. The van der Waals surface area contributed by atoms with Gasteiger partial charge in [0.1, 0.15) is 5.82 Å². The van der Waals surface area contributed by atoms with Crippen molar-refractivity contribution in [3.63, 3.8) is 0 Å². The summed E-state index contributed by atoms with van der Waals surface area (Å²) in [6.45, 7) is 2.80. The monoisotopic (exact) mass is 235 g/mol. The molecule has 0 saturated carbocycles. The Kier molecular flexibility index (Phi) is 3.02. The summed E-state index contributed by atoms with van der Waals surface area (Å²) in [5, 5.41) is 9.96. The molecule has 1 amide bonds. The molecule has 1 unspecified atom stereocenters. The number of hydrogen-bond acceptors (Lipinski definition) is 4. The van der Waals surface area contributed by atoms with Gasteiger partial charge in [-0.15, -0.1) is 0 Å². The summed E-state index contributed by atoms with van der Waals surface area (Å²) in [4.78, 5) is 17.7. The molecule has 92 valence electrons. The van der Waals surface area contributed by atoms with Crippen molar-refractivity contribution in [1.29, 1.82) is 0 Å². The molecular weight excluding hydrogens is 218 g/mol. The topological polar surface area (TPSA) is 79.5 Å². The highest BCUT2D eigenvalue weighted by Crippen LogP contribution is 2.21. The Labute approximate surface area is 100 Å². The third kappa shape index (κ3) is 2.74. The minimum absolute atomic E-state index is 0.0981. The van der Waals surface area contributed by atoms with E-state index in [0.29, 0.717) is 24.5 Å². The molecule has 1 aliphatic rings. The Bertz CT molecular complexity index is 432. The van der Waals surface area contributed by atoms with Gasteiger partial charge in [0, 0.05) is 24.8 Å². The Balaban J connectivity index is 2.15. The molecule has 1 saturated heterocycles. The highest BCUT2D eigenvalue weighted by molar-refractivity contribution is 5.94. The molecule has 0 radical (unpaired) electrons. The zero-order valence-corrected chi connectivity index (χ0v) is 9.89. The van der Waals surface area contributed by atoms with Crippen LogP contribution in [0.2, 0.25) is 0 Å². The number of aliphatic hydroxyl groups is 1. The van der Waals surface area contributed by atoms with Crippen molar-refractivity contribution >= 4 is 11.7 Å². The predicted octanol–water partition coefficient (Wildman–Crippen LogP) is 0.651. The number of likely N-dealkylation sites (tertiary alicyclic amines) is 1. The molecule has 3 N–H and O–H groups in total. The second-order valence-corrected chi connectivity index (χ2v) is 4.80. The minimum Gasteiger partial charge on any atom is -0.388 e. The zero-order valence-electron chi connectivity index (χ0n) is 9.89. The number of β-amino-alcohol motifs (C(OH)–C–C–N with tert-alkyl or cyclic N) is 1. The molecule has 2 rings (SSSR count). The van der Waals surface area contributed by atoms with Crippen molar-refractivity contribution in [2.45, 2.75) is 25.4 Å². The van der Waals surface area contributed by atoms with Crippen molar-refractivity contribution < 1.29 is 9.90 Å². The first-order chi connectivity index (χ1) is 7.98. The molecule has 17 heavy (non-hydrogen) atoms. The van der Waals surface area contributed by atoms with Crippen molar-refractivity contribution in [2.24, 2.45) is 0 Å². The van der Waals surface area contributed by atoms with Crippen LogP contribution in [0, 0.1) is 0 Å². The van der Waals surface area contributed by atoms with Gasteiger partial charge in [-0.2, -0.15) is 0 Å². The second-order valence-electron chi connectivity index (χ2n) is 4.80. The van der Waals surface area contributed by atoms with Crippen LogP contribution in [-0.4, -0.2) is 39.6 Å². The average molecular weight is 235 g/mol. The molecule has 1 fully saturated rings. The number of anilines is 1. The first kappa shape index (κ1) is 11.9. The molecule has 1 atom stereocenters. The Morgan fingerprint density at radius 3 is 3.06 bits per heavy atom. The molecular formula is C12H17N3O2. The summed E-state index contributed by atoms with van der Waals surface area (Å²) >= 11 is 0. The molecule has 0 aromatic carbocycles. The van der Waals surface area contributed by atoms with Crippen LogP contribution in [0.3, 0.4) is 0 Å². The number of nitrogen functional groups attached to an aromatic ring is 1. The van der Waals surface area contributed by atoms with Crippen LogP contribution in [0.15, 0.2) is 18.3 Å². The summed E-state index contributed by atoms with van der Waals surface area (Å²) in [7, 11) is 0. The van der Waals surface area contributed by atoms with E-state index >= 15 is 0 Å². The molecule has 0 spiro atoms. The number of amides is 1. The maximum Gasteiger partial charge on any atom is 0.254 e. The Morgan fingerprint density at radius 2 is 2.41 bits per heavy atom. The minimum atomic E-state index is -0.785. The van der Waals surface area contributed by atoms with Crippen LogP contribution in [0.1, 0.15) is 30.1 Å². The van der Waals surface area contributed by atoms with Gasteiger partial charge in [-0.1, -0.05) is 0 Å². The molecule has 1 aromatic heterocycles. The highest BCUT2D eigenvalue weighted by Gasteiger charge is 2.31. The van der Waals surface area contributed by atoms with Crippen LogP contribution in [0.25, 0.3) is 0 Å². The SMILES string of the molecule is CC1(O)CCCN(C(=O)c2ccnc(N)c2)C1. The fourth-order valence-corrected chi connectivity index (χ4v) is 2.16. The van der Waals surface area contributed by atoms with Gasteiger partial charge in [-0.05, 0) is 31.9 Å². The first-order valence-electron chi connectivity index (χ1n) is 5.71. The van der Waals surface area contributed by atoms with Crippen LogP contribution < -0.4 is 5.73 Å². The van der Waals surface area contributed by atoms with E-state index in [4.69, 9.17) is 5.73 Å². The third-order valence-electron chi connectivity index (χ3n) is 2.99. The normalized spacial score (nSPS) is 24.7. The van der Waals surface area contributed by atoms with Crippen LogP contribution in [0.5, 0.6) is 0 Å². The van der Waals surface area contributed by atoms with Crippen LogP contribution >= 0.6 is 0 Å². The fourth-order valence-electron chi connectivity index (χ4n) is 2.16. The van der Waals surface area contributed by atoms with Gasteiger partial charge in [0.2, 0.25) is 0 Å². The van der Waals surface area contributed by atoms with Crippen molar-refractivity contribution in [3.05, 3.63) is 23.9 Å². The summed E-state index contributed by atoms with van der Waals surface area (Å²) in [6, 6.07) is 3.20. The maximum atomic E-state index is 12.2. The molecule has 5 heteroatoms. The van der Waals surface area contributed by atoms with Gasteiger partial charge < -0.3 is 15.7 Å². The molecule has 1 aromatic rings. The lowest BCUT2D eigenvalue weighted by Gasteiger charge is -2.36. The number of carbonyl (C=O) groups excluding carboxylic acids is 1. The zero-order chi connectivity index (χ0) is 12.5. The van der Waals surface area contributed by atoms with E-state index in [1.54, 1.807) is 24.0 Å². The fraction of sp³-hybridized carbons (Fsp3) is 0.500. The van der Waals surface area contributed by atoms with E-state index < -0.39 is 5.60 Å². The quantitative estimate of drug-likeness (QED) is 0.749. The van der Waals surface area contributed by atoms with E-state index in [2.05, 4.69) is 4.98 Å². The van der Waals surface area contributed by atoms with E-state index in [1.165, 1.54) is 6.20 Å². The van der Waals surface area contributed by atoms with Gasteiger partial charge in [-0.3, -0.25) is 4.79 Å². The Morgan fingerprint density at radius 1 is 1.65 bits per heavy atom. The Hall–Kier alpha value is -1.62. The molecule has 1 aliphatic heterocycles. The van der Waals surface area contributed by atoms with Crippen LogP contribution in [-0.2, 0) is 0 Å². The lowest BCUT2D eigenvalue weighted by Crippen LogP contribution is -2.48. The maximum absolute atomic E-state index is 12.2. The second kappa shape index (κ2) is 4.33. The van der Waals surface area contributed by atoms with Gasteiger partial charge in [0.25, 0.3) is 5.91 Å². The van der Waals surface area contributed by atoms with Crippen molar-refractivity contribution in [2.75, 3.05) is 18.8 Å². The highest BCUT2D eigenvalue weighted by atomic mass is 16.3. The summed E-state index contributed by atoms with van der Waals surface area (Å²) in [5.74, 6) is 0.235. The number of piperidine rings is 1. The third-order valence-corrected chi connectivity index (χ3v) is 2.99. The number of nitrogens with two attached hydrogens (primary N) is 1. The van der Waals surface area contributed by atoms with Crippen molar-refractivity contribution in [1.82, 2.24) is 9.88 Å². The van der Waals surface area contributed by atoms with Gasteiger partial charge in [-0.25, -0.2) is 4.98 Å². The van der Waals surface area contributed by atoms with E-state index in [9.17, 15) is 9.90 Å². The summed E-state index contributed by atoms with van der Waals surface area (Å²) in [5.41, 5.74) is 5.29. The lowest BCUT2D eigenvalue weighted by atomic mass is 9.95. The standard InChI is InChI=1S/C12H17N3O2/c1-12(17)4-2-6-15(8-12)11(16)9-3-5-14-10(13)7-9/h3,5,7,17H,2,4,6,8H2,1H3,(H2,13,14). The molecule has 5 nitrogen and oxygen atoms in total. The molecule has 0 aliphatic carbocycles. The van der Waals surface area contributed by atoms with Crippen molar-refractivity contribution in [3.8, 4) is 0 Å². The smallest absolute Gasteiger partial charge is 0.254 e. The lowest BCUT2D eigenvalue weighted by molar-refractivity contribution is -0.0107. The largest absolute Gasteiger partial charge is 0.388 e. The summed E-state index contributed by atoms with van der Waals surface area (Å²) < 4.78 is 0. The van der Waals surface area contributed by atoms with E-state index in [1.807, 2.05) is 0 Å². The van der Waals surface area contributed by atoms with Crippen LogP contribution in [0.4, 0.5) is 5.82 Å². The number of pyridine rings is 1. The van der Waals surface area contributed by atoms with Gasteiger partial charge in [0.15, 0.2) is 0 Å². The number of aromatic nitrogens is 1.